The summed E-state index contributed by atoms with van der Waals surface area (Å²) in [5, 5.41) is 29.6. The first-order chi connectivity index (χ1) is 29.3. The van der Waals surface area contributed by atoms with Gasteiger partial charge in [-0.3, -0.25) is 28.2 Å². The van der Waals surface area contributed by atoms with Crippen LogP contribution in [0.1, 0.15) is 149 Å². The Morgan fingerprint density at radius 1 is 0.770 bits per heavy atom. The maximum Gasteiger partial charge on any atom is 0.472 e. The zero-order chi connectivity index (χ0) is 45.1. The molecule has 61 heavy (non-hydrogen) atoms. The minimum Gasteiger partial charge on any atom is -0.480 e. The van der Waals surface area contributed by atoms with Crippen molar-refractivity contribution < 1.29 is 62.5 Å². The van der Waals surface area contributed by atoms with Crippen LogP contribution in [-0.4, -0.2) is 88.1 Å². The van der Waals surface area contributed by atoms with E-state index in [9.17, 15) is 38.8 Å². The summed E-state index contributed by atoms with van der Waals surface area (Å²) in [6.45, 7) is 2.36. The van der Waals surface area contributed by atoms with E-state index < -0.39 is 75.8 Å². The van der Waals surface area contributed by atoms with Gasteiger partial charge in [-0.05, 0) is 70.6 Å². The van der Waals surface area contributed by atoms with Crippen molar-refractivity contribution >= 4 is 31.5 Å². The summed E-state index contributed by atoms with van der Waals surface area (Å²) in [7, 11) is -4.80. The predicted molar refractivity (Wildman–Crippen MR) is 236 cm³/mol. The van der Waals surface area contributed by atoms with Crippen LogP contribution < -0.4 is 5.73 Å². The number of phosphoric ester groups is 1. The second-order valence-corrected chi connectivity index (χ2v) is 17.1. The molecule has 15 heteroatoms. The van der Waals surface area contributed by atoms with E-state index in [1.54, 1.807) is 12.2 Å². The highest BCUT2D eigenvalue weighted by Gasteiger charge is 2.39. The number of hydrogen-bond acceptors (Lipinski definition) is 12. The average Bonchev–Trinajstić information content (AvgIpc) is 3.49. The lowest BCUT2D eigenvalue weighted by molar-refractivity contribution is -0.161. The van der Waals surface area contributed by atoms with E-state index in [1.165, 1.54) is 19.3 Å². The molecule has 1 unspecified atom stereocenters. The van der Waals surface area contributed by atoms with Gasteiger partial charge in [0.1, 0.15) is 18.4 Å². The zero-order valence-electron chi connectivity index (χ0n) is 36.7. The molecular formula is C46H76NO13P. The number of carbonyl (C=O) groups is 4. The first kappa shape index (κ1) is 55.8. The fourth-order valence-electron chi connectivity index (χ4n) is 6.46. The van der Waals surface area contributed by atoms with Gasteiger partial charge in [-0.2, -0.15) is 0 Å². The van der Waals surface area contributed by atoms with Gasteiger partial charge < -0.3 is 35.4 Å². The quantitative estimate of drug-likeness (QED) is 0.0171. The van der Waals surface area contributed by atoms with Crippen LogP contribution in [0, 0.1) is 11.8 Å². The number of carbonyl (C=O) groups excluding carboxylic acids is 3. The van der Waals surface area contributed by atoms with Crippen LogP contribution in [0.5, 0.6) is 0 Å². The number of ether oxygens (including phenoxy) is 2. The van der Waals surface area contributed by atoms with Crippen molar-refractivity contribution in [1.82, 2.24) is 0 Å². The van der Waals surface area contributed by atoms with E-state index in [0.29, 0.717) is 32.1 Å². The van der Waals surface area contributed by atoms with Crippen molar-refractivity contribution in [2.45, 2.75) is 173 Å². The molecule has 0 aliphatic heterocycles. The molecule has 1 rings (SSSR count). The number of nitrogens with two attached hydrogens (primary N) is 1. The molecule has 0 amide bonds. The molecule has 0 heterocycles. The molecule has 1 aliphatic rings. The van der Waals surface area contributed by atoms with E-state index in [0.717, 1.165) is 64.2 Å². The number of rotatable bonds is 37. The van der Waals surface area contributed by atoms with E-state index >= 15 is 0 Å². The monoisotopic (exact) mass is 882 g/mol. The van der Waals surface area contributed by atoms with Crippen molar-refractivity contribution in [3.05, 3.63) is 60.8 Å². The van der Waals surface area contributed by atoms with Crippen molar-refractivity contribution in [2.24, 2.45) is 17.6 Å². The Morgan fingerprint density at radius 2 is 1.34 bits per heavy atom. The molecule has 348 valence electrons. The van der Waals surface area contributed by atoms with Gasteiger partial charge in [0.15, 0.2) is 6.10 Å². The molecule has 0 spiro atoms. The molecule has 6 N–H and O–H groups in total. The van der Waals surface area contributed by atoms with E-state index in [-0.39, 0.29) is 31.0 Å². The highest BCUT2D eigenvalue weighted by molar-refractivity contribution is 7.47. The number of allylic oxidation sites excluding steroid dienone is 8. The van der Waals surface area contributed by atoms with E-state index in [2.05, 4.69) is 54.8 Å². The summed E-state index contributed by atoms with van der Waals surface area (Å²) in [5.41, 5.74) is 5.33. The van der Waals surface area contributed by atoms with Gasteiger partial charge in [0.25, 0.3) is 0 Å². The summed E-state index contributed by atoms with van der Waals surface area (Å²) in [5.74, 6) is -3.49. The Hall–Kier alpha value is -3.23. The lowest BCUT2D eigenvalue weighted by Gasteiger charge is -2.20. The van der Waals surface area contributed by atoms with Gasteiger partial charge in [-0.25, -0.2) is 4.57 Å². The number of hydrogen-bond donors (Lipinski definition) is 5. The minimum atomic E-state index is -4.80. The topological polar surface area (TPSA) is 229 Å². The summed E-state index contributed by atoms with van der Waals surface area (Å²) in [6.07, 6.45) is 33.6. The Morgan fingerprint density at radius 3 is 2.02 bits per heavy atom. The number of ketones is 1. The van der Waals surface area contributed by atoms with Gasteiger partial charge in [0.05, 0.1) is 25.4 Å². The molecule has 0 saturated heterocycles. The lowest BCUT2D eigenvalue weighted by Crippen LogP contribution is -2.34. The maximum absolute atomic E-state index is 12.7. The third kappa shape index (κ3) is 29.7. The largest absolute Gasteiger partial charge is 0.480 e. The zero-order valence-corrected chi connectivity index (χ0v) is 37.6. The fourth-order valence-corrected chi connectivity index (χ4v) is 7.24. The summed E-state index contributed by atoms with van der Waals surface area (Å²) >= 11 is 0. The molecule has 0 radical (unpaired) electrons. The van der Waals surface area contributed by atoms with Crippen LogP contribution in [0.3, 0.4) is 0 Å². The van der Waals surface area contributed by atoms with Crippen LogP contribution in [-0.2, 0) is 42.3 Å². The predicted octanol–water partition coefficient (Wildman–Crippen LogP) is 8.54. The van der Waals surface area contributed by atoms with Gasteiger partial charge in [0.2, 0.25) is 0 Å². The SMILES string of the molecule is CCCCC/C=C\C/C=C\C/C=C\CCCCCCC(=O)OC[C@H](COP(=O)(O)OC[C@H](N)C(=O)O)OC(=O)CCC/C=C\C[C@H]1C(=O)C[C@@H](O)[C@@H]1/C=C/[C@@H](O)CCCCC. The molecule has 0 aromatic carbocycles. The third-order valence-corrected chi connectivity index (χ3v) is 11.1. The van der Waals surface area contributed by atoms with E-state index in [4.69, 9.17) is 24.8 Å². The average molecular weight is 882 g/mol. The number of aliphatic hydroxyl groups is 2. The molecular weight excluding hydrogens is 805 g/mol. The molecule has 7 atom stereocenters. The maximum atomic E-state index is 12.7. The first-order valence-corrected chi connectivity index (χ1v) is 23.9. The van der Waals surface area contributed by atoms with Crippen molar-refractivity contribution in [3.63, 3.8) is 0 Å². The molecule has 1 fully saturated rings. The van der Waals surface area contributed by atoms with Crippen molar-refractivity contribution in [3.8, 4) is 0 Å². The smallest absolute Gasteiger partial charge is 0.472 e. The second-order valence-electron chi connectivity index (χ2n) is 15.6. The Labute approximate surface area is 364 Å². The van der Waals surface area contributed by atoms with Crippen molar-refractivity contribution in [1.29, 1.82) is 0 Å². The van der Waals surface area contributed by atoms with Crippen LogP contribution >= 0.6 is 7.82 Å². The lowest BCUT2D eigenvalue weighted by atomic mass is 9.90. The number of aliphatic hydroxyl groups excluding tert-OH is 2. The van der Waals surface area contributed by atoms with Gasteiger partial charge in [-0.15, -0.1) is 0 Å². The molecule has 0 aromatic rings. The highest BCUT2D eigenvalue weighted by atomic mass is 31.2. The molecule has 1 saturated carbocycles. The molecule has 0 bridgehead atoms. The van der Waals surface area contributed by atoms with E-state index in [1.807, 2.05) is 12.2 Å². The Balaban J connectivity index is 2.52. The van der Waals surface area contributed by atoms with Crippen LogP contribution in [0.4, 0.5) is 0 Å². The van der Waals surface area contributed by atoms with Crippen LogP contribution in [0.25, 0.3) is 0 Å². The Kier molecular flexibility index (Phi) is 32.2. The standard InChI is InChI=1S/C46H76NO13P/c1-3-5-7-8-9-10-11-12-13-14-15-16-17-18-19-20-25-29-44(51)57-34-38(35-58-61(55,56)59-36-41(47)46(53)54)60-45(52)30-26-22-21-24-28-39-40(43(50)33-42(39)49)32-31-37(48)27-23-6-4-2/h9-10,12-13,15-16,21,24,31-32,37-41,43,48,50H,3-8,11,14,17-20,22-23,25-30,33-36,47H2,1-2H3,(H,53,54)(H,55,56)/b10-9-,13-12-,16-15-,24-21-,32-31+/t37-,38+,39+,40+,41-,43+/m0/s1. The summed E-state index contributed by atoms with van der Waals surface area (Å²) in [4.78, 5) is 58.8. The number of Topliss-reactive ketones (excluding diaryl/α,β-unsaturated/α-hetero) is 1. The fraction of sp³-hybridized carbons (Fsp3) is 0.696. The third-order valence-electron chi connectivity index (χ3n) is 10.1. The minimum absolute atomic E-state index is 0.0398. The summed E-state index contributed by atoms with van der Waals surface area (Å²) in [6, 6.07) is -1.57. The van der Waals surface area contributed by atoms with Gasteiger partial charge in [-0.1, -0.05) is 120 Å². The number of unbranched alkanes of at least 4 members (excludes halogenated alkanes) is 10. The normalized spacial score (nSPS) is 19.7. The van der Waals surface area contributed by atoms with Crippen LogP contribution in [0.15, 0.2) is 60.8 Å². The Bertz CT molecular complexity index is 1430. The number of esters is 2. The van der Waals surface area contributed by atoms with Gasteiger partial charge in [0, 0.05) is 31.1 Å². The highest BCUT2D eigenvalue weighted by Crippen LogP contribution is 2.43. The molecule has 14 nitrogen and oxygen atoms in total. The second kappa shape index (κ2) is 35.3. The van der Waals surface area contributed by atoms with Crippen molar-refractivity contribution in [2.75, 3.05) is 19.8 Å². The number of carboxylic acid groups (broad SMARTS) is 1. The summed E-state index contributed by atoms with van der Waals surface area (Å²) < 4.78 is 32.6. The molecule has 1 aliphatic carbocycles. The molecule has 0 aromatic heterocycles. The number of phosphoric acid groups is 1. The number of aliphatic carboxylic acids is 1. The first-order valence-electron chi connectivity index (χ1n) is 22.4. The van der Waals surface area contributed by atoms with Gasteiger partial charge >= 0.3 is 25.7 Å². The number of carboxylic acids is 1. The van der Waals surface area contributed by atoms with Crippen LogP contribution in [0.2, 0.25) is 0 Å².